The fourth-order valence-electron chi connectivity index (χ4n) is 2.24. The van der Waals surface area contributed by atoms with Gasteiger partial charge in [0, 0.05) is 18.3 Å². The van der Waals surface area contributed by atoms with Crippen molar-refractivity contribution in [2.45, 2.75) is 13.8 Å². The van der Waals surface area contributed by atoms with Crippen molar-refractivity contribution in [3.63, 3.8) is 0 Å². The summed E-state index contributed by atoms with van der Waals surface area (Å²) in [4.78, 5) is 13.0. The summed E-state index contributed by atoms with van der Waals surface area (Å²) in [6.07, 6.45) is 0.679. The van der Waals surface area contributed by atoms with Crippen LogP contribution in [0, 0.1) is 19.7 Å². The largest absolute Gasteiger partial charge is 0.344 e. The molecule has 0 amide bonds. The lowest BCUT2D eigenvalue weighted by atomic mass is 10.1. The highest BCUT2D eigenvalue weighted by molar-refractivity contribution is 5.87. The predicted molar refractivity (Wildman–Crippen MR) is 75.8 cm³/mol. The normalized spacial score (nSPS) is 10.3. The number of aldehydes is 1. The summed E-state index contributed by atoms with van der Waals surface area (Å²) in [5, 5.41) is 0. The van der Waals surface area contributed by atoms with E-state index in [4.69, 9.17) is 0 Å². The molecule has 0 heterocycles. The maximum absolute atomic E-state index is 13.2. The average Bonchev–Trinajstić information content (AvgIpc) is 2.37. The maximum atomic E-state index is 13.2. The van der Waals surface area contributed by atoms with Crippen LogP contribution in [-0.2, 0) is 0 Å². The number of benzene rings is 2. The zero-order valence-corrected chi connectivity index (χ0v) is 11.3. The van der Waals surface area contributed by atoms with Gasteiger partial charge in [0.05, 0.1) is 5.69 Å². The number of carbonyl (C=O) groups excluding carboxylic acids is 1. The van der Waals surface area contributed by atoms with E-state index in [9.17, 15) is 9.18 Å². The van der Waals surface area contributed by atoms with E-state index in [0.717, 1.165) is 11.3 Å². The highest BCUT2D eigenvalue weighted by Crippen LogP contribution is 2.29. The zero-order valence-electron chi connectivity index (χ0n) is 11.3. The SMILES string of the molecule is Cc1ccc(N(C)c2ccc(F)cc2C=O)c(C)c1. The van der Waals surface area contributed by atoms with Crippen LogP contribution in [0.3, 0.4) is 0 Å². The second-order valence-corrected chi connectivity index (χ2v) is 4.67. The first-order valence-corrected chi connectivity index (χ1v) is 6.08. The van der Waals surface area contributed by atoms with Crippen molar-refractivity contribution < 1.29 is 9.18 Å². The first kappa shape index (κ1) is 13.3. The van der Waals surface area contributed by atoms with Crippen LogP contribution in [0.15, 0.2) is 36.4 Å². The third-order valence-electron chi connectivity index (χ3n) is 3.19. The quantitative estimate of drug-likeness (QED) is 0.774. The van der Waals surface area contributed by atoms with Crippen LogP contribution in [0.4, 0.5) is 15.8 Å². The molecule has 0 bridgehead atoms. The van der Waals surface area contributed by atoms with Gasteiger partial charge in [0.2, 0.25) is 0 Å². The molecule has 0 spiro atoms. The van der Waals surface area contributed by atoms with Gasteiger partial charge in [-0.2, -0.15) is 0 Å². The molecule has 19 heavy (non-hydrogen) atoms. The molecule has 2 nitrogen and oxygen atoms in total. The summed E-state index contributed by atoms with van der Waals surface area (Å²) in [6.45, 7) is 4.05. The van der Waals surface area contributed by atoms with Gasteiger partial charge < -0.3 is 4.90 Å². The molecule has 0 aromatic heterocycles. The lowest BCUT2D eigenvalue weighted by Gasteiger charge is -2.23. The van der Waals surface area contributed by atoms with Gasteiger partial charge in [-0.05, 0) is 43.7 Å². The topological polar surface area (TPSA) is 20.3 Å². The number of hydrogen-bond acceptors (Lipinski definition) is 2. The van der Waals surface area contributed by atoms with Gasteiger partial charge in [-0.1, -0.05) is 17.7 Å². The highest BCUT2D eigenvalue weighted by Gasteiger charge is 2.11. The van der Waals surface area contributed by atoms with E-state index in [2.05, 4.69) is 6.07 Å². The maximum Gasteiger partial charge on any atom is 0.152 e. The predicted octanol–water partition coefficient (Wildman–Crippen LogP) is 4.02. The Labute approximate surface area is 112 Å². The molecule has 0 aliphatic heterocycles. The van der Waals surface area contributed by atoms with Crippen molar-refractivity contribution in [1.29, 1.82) is 0 Å². The third-order valence-corrected chi connectivity index (χ3v) is 3.19. The number of carbonyl (C=O) groups is 1. The molecule has 98 valence electrons. The monoisotopic (exact) mass is 257 g/mol. The van der Waals surface area contributed by atoms with Crippen LogP contribution in [0.1, 0.15) is 21.5 Å². The second kappa shape index (κ2) is 5.22. The first-order chi connectivity index (χ1) is 9.02. The average molecular weight is 257 g/mol. The fourth-order valence-corrected chi connectivity index (χ4v) is 2.24. The van der Waals surface area contributed by atoms with E-state index in [0.29, 0.717) is 17.5 Å². The van der Waals surface area contributed by atoms with Crippen LogP contribution in [-0.4, -0.2) is 13.3 Å². The van der Waals surface area contributed by atoms with Gasteiger partial charge >= 0.3 is 0 Å². The van der Waals surface area contributed by atoms with E-state index in [1.54, 1.807) is 6.07 Å². The Morgan fingerprint density at radius 3 is 2.37 bits per heavy atom. The molecule has 0 N–H and O–H groups in total. The van der Waals surface area contributed by atoms with Crippen molar-refractivity contribution >= 4 is 17.7 Å². The lowest BCUT2D eigenvalue weighted by Crippen LogP contribution is -2.13. The molecule has 0 fully saturated rings. The van der Waals surface area contributed by atoms with E-state index < -0.39 is 5.82 Å². The van der Waals surface area contributed by atoms with Gasteiger partial charge in [0.1, 0.15) is 5.82 Å². The zero-order chi connectivity index (χ0) is 14.0. The Morgan fingerprint density at radius 2 is 1.74 bits per heavy atom. The number of rotatable bonds is 3. The van der Waals surface area contributed by atoms with Gasteiger partial charge in [-0.3, -0.25) is 4.79 Å². The van der Waals surface area contributed by atoms with Gasteiger partial charge in [-0.25, -0.2) is 4.39 Å². The van der Waals surface area contributed by atoms with Crippen LogP contribution in [0.25, 0.3) is 0 Å². The highest BCUT2D eigenvalue weighted by atomic mass is 19.1. The van der Waals surface area contributed by atoms with Gasteiger partial charge in [0.15, 0.2) is 6.29 Å². The summed E-state index contributed by atoms with van der Waals surface area (Å²) in [7, 11) is 1.87. The molecule has 0 atom stereocenters. The molecule has 0 aliphatic carbocycles. The Bertz CT molecular complexity index is 622. The third kappa shape index (κ3) is 2.65. The fraction of sp³-hybridized carbons (Fsp3) is 0.188. The van der Waals surface area contributed by atoms with Gasteiger partial charge in [0.25, 0.3) is 0 Å². The minimum Gasteiger partial charge on any atom is -0.344 e. The minimum absolute atomic E-state index is 0.350. The molecule has 3 heteroatoms. The van der Waals surface area contributed by atoms with E-state index in [1.165, 1.54) is 17.7 Å². The molecule has 2 aromatic rings. The molecular formula is C16H16FNO. The van der Waals surface area contributed by atoms with Crippen molar-refractivity contribution in [2.24, 2.45) is 0 Å². The minimum atomic E-state index is -0.403. The van der Waals surface area contributed by atoms with Crippen molar-refractivity contribution in [2.75, 3.05) is 11.9 Å². The summed E-state index contributed by atoms with van der Waals surface area (Å²) in [6, 6.07) is 10.3. The summed E-state index contributed by atoms with van der Waals surface area (Å²) < 4.78 is 13.2. The number of anilines is 2. The molecule has 0 aliphatic rings. The summed E-state index contributed by atoms with van der Waals surface area (Å²) in [5.74, 6) is -0.403. The Morgan fingerprint density at radius 1 is 1.05 bits per heavy atom. The van der Waals surface area contributed by atoms with Crippen molar-refractivity contribution in [1.82, 2.24) is 0 Å². The van der Waals surface area contributed by atoms with E-state index >= 15 is 0 Å². The summed E-state index contributed by atoms with van der Waals surface area (Å²) in [5.41, 5.74) is 4.35. The Kier molecular flexibility index (Phi) is 3.65. The van der Waals surface area contributed by atoms with E-state index in [-0.39, 0.29) is 0 Å². The smallest absolute Gasteiger partial charge is 0.152 e. The molecule has 0 saturated carbocycles. The van der Waals surface area contributed by atoms with Crippen LogP contribution in [0.2, 0.25) is 0 Å². The Balaban J connectivity index is 2.49. The Hall–Kier alpha value is -2.16. The number of nitrogens with zero attached hydrogens (tertiary/aromatic N) is 1. The van der Waals surface area contributed by atoms with Crippen LogP contribution < -0.4 is 4.90 Å². The number of halogens is 1. The molecule has 0 saturated heterocycles. The first-order valence-electron chi connectivity index (χ1n) is 6.08. The molecule has 2 aromatic carbocycles. The summed E-state index contributed by atoms with van der Waals surface area (Å²) >= 11 is 0. The van der Waals surface area contributed by atoms with Crippen LogP contribution in [0.5, 0.6) is 0 Å². The molecule has 0 radical (unpaired) electrons. The molecule has 2 rings (SSSR count). The van der Waals surface area contributed by atoms with E-state index in [1.807, 2.05) is 37.9 Å². The number of aryl methyl sites for hydroxylation is 2. The van der Waals surface area contributed by atoms with Gasteiger partial charge in [-0.15, -0.1) is 0 Å². The molecular weight excluding hydrogens is 241 g/mol. The number of hydrogen-bond donors (Lipinski definition) is 0. The van der Waals surface area contributed by atoms with Crippen molar-refractivity contribution in [3.05, 3.63) is 58.9 Å². The molecule has 0 unspecified atom stereocenters. The standard InChI is InChI=1S/C16H16FNO/c1-11-4-6-15(12(2)8-11)18(3)16-7-5-14(17)9-13(16)10-19/h4-10H,1-3H3. The van der Waals surface area contributed by atoms with Crippen molar-refractivity contribution in [3.8, 4) is 0 Å². The lowest BCUT2D eigenvalue weighted by molar-refractivity contribution is 0.112. The van der Waals surface area contributed by atoms with Crippen LogP contribution >= 0.6 is 0 Å². The second-order valence-electron chi connectivity index (χ2n) is 4.67.